The summed E-state index contributed by atoms with van der Waals surface area (Å²) in [5.41, 5.74) is 0.911. The molecule has 3 heteroatoms. The molecular weight excluding hydrogens is 432 g/mol. The van der Waals surface area contributed by atoms with Gasteiger partial charge in [0.05, 0.1) is 5.92 Å². The van der Waals surface area contributed by atoms with Crippen LogP contribution in [-0.2, 0) is 16.0 Å². The van der Waals surface area contributed by atoms with Crippen molar-refractivity contribution in [3.8, 4) is 5.75 Å². The van der Waals surface area contributed by atoms with Crippen LogP contribution >= 0.6 is 0 Å². The van der Waals surface area contributed by atoms with Gasteiger partial charge in [-0.1, -0.05) is 51.3 Å². The van der Waals surface area contributed by atoms with Gasteiger partial charge in [-0.25, -0.2) is 0 Å². The molecule has 0 saturated heterocycles. The van der Waals surface area contributed by atoms with Crippen LogP contribution < -0.4 is 4.74 Å². The molecule has 0 aliphatic heterocycles. The molecule has 3 aliphatic rings. The van der Waals surface area contributed by atoms with Crippen LogP contribution in [0.15, 0.2) is 36.9 Å². The van der Waals surface area contributed by atoms with E-state index in [0.717, 1.165) is 48.0 Å². The predicted octanol–water partition coefficient (Wildman–Crippen LogP) is 8.11. The molecule has 1 aromatic carbocycles. The summed E-state index contributed by atoms with van der Waals surface area (Å²) in [6.07, 6.45) is 20.5. The number of hydrogen-bond donors (Lipinski definition) is 0. The van der Waals surface area contributed by atoms with Gasteiger partial charge in [-0.05, 0) is 118 Å². The second-order valence-electron chi connectivity index (χ2n) is 11.8. The lowest BCUT2D eigenvalue weighted by Gasteiger charge is -2.41. The molecule has 0 bridgehead atoms. The fourth-order valence-electron chi connectivity index (χ4n) is 7.42. The van der Waals surface area contributed by atoms with Crippen molar-refractivity contribution < 1.29 is 14.3 Å². The topological polar surface area (TPSA) is 43.4 Å². The molecule has 35 heavy (non-hydrogen) atoms. The van der Waals surface area contributed by atoms with Crippen LogP contribution in [0.25, 0.3) is 0 Å². The van der Waals surface area contributed by atoms with E-state index in [-0.39, 0.29) is 17.7 Å². The van der Waals surface area contributed by atoms with E-state index in [0.29, 0.717) is 12.2 Å². The number of ketones is 1. The van der Waals surface area contributed by atoms with E-state index in [1.807, 2.05) is 12.1 Å². The summed E-state index contributed by atoms with van der Waals surface area (Å²) in [7, 11) is 0. The minimum Gasteiger partial charge on any atom is -0.426 e. The lowest BCUT2D eigenvalue weighted by Crippen LogP contribution is -2.31. The minimum atomic E-state index is -0.0826. The van der Waals surface area contributed by atoms with E-state index < -0.39 is 0 Å². The maximum Gasteiger partial charge on any atom is 0.314 e. The molecule has 1 aromatic rings. The molecule has 3 fully saturated rings. The number of allylic oxidation sites excluding steroid dienone is 1. The molecule has 4 rings (SSSR count). The Morgan fingerprint density at radius 3 is 1.77 bits per heavy atom. The molecule has 0 heterocycles. The van der Waals surface area contributed by atoms with Crippen molar-refractivity contribution in [2.24, 2.45) is 35.5 Å². The quantitative estimate of drug-likeness (QED) is 0.204. The lowest BCUT2D eigenvalue weighted by molar-refractivity contribution is -0.140. The zero-order valence-corrected chi connectivity index (χ0v) is 21.9. The van der Waals surface area contributed by atoms with E-state index in [1.54, 1.807) is 12.1 Å². The molecular formula is C32H46O3. The molecule has 0 aromatic heterocycles. The van der Waals surface area contributed by atoms with Crippen LogP contribution in [-0.4, -0.2) is 11.8 Å². The van der Waals surface area contributed by atoms with Crippen molar-refractivity contribution in [2.75, 3.05) is 0 Å². The second kappa shape index (κ2) is 12.9. The van der Waals surface area contributed by atoms with Crippen LogP contribution in [0.1, 0.15) is 102 Å². The fourth-order valence-corrected chi connectivity index (χ4v) is 7.42. The summed E-state index contributed by atoms with van der Waals surface area (Å²) in [6, 6.07) is 7.30. The third-order valence-electron chi connectivity index (χ3n) is 9.59. The SMILES string of the molecule is C=CC(=O)Cc1ccc(OC(=O)C2CCC(C3CCC(C4CCC(CCC)CC4)CC3)CC2)cc1. The molecule has 0 atom stereocenters. The first-order chi connectivity index (χ1) is 17.1. The first-order valence-corrected chi connectivity index (χ1v) is 14.5. The number of hydrogen-bond acceptors (Lipinski definition) is 3. The van der Waals surface area contributed by atoms with Crippen molar-refractivity contribution in [3.63, 3.8) is 0 Å². The number of carbonyl (C=O) groups is 2. The van der Waals surface area contributed by atoms with Gasteiger partial charge in [0.25, 0.3) is 0 Å². The number of rotatable bonds is 9. The third kappa shape index (κ3) is 7.30. The van der Waals surface area contributed by atoms with Gasteiger partial charge < -0.3 is 4.74 Å². The van der Waals surface area contributed by atoms with Gasteiger partial charge in [-0.2, -0.15) is 0 Å². The van der Waals surface area contributed by atoms with Crippen LogP contribution in [0, 0.1) is 35.5 Å². The van der Waals surface area contributed by atoms with Crippen molar-refractivity contribution in [2.45, 2.75) is 103 Å². The monoisotopic (exact) mass is 478 g/mol. The Bertz CT molecular complexity index is 817. The zero-order chi connectivity index (χ0) is 24.6. The molecule has 0 N–H and O–H groups in total. The van der Waals surface area contributed by atoms with Crippen LogP contribution in [0.2, 0.25) is 0 Å². The molecule has 192 valence electrons. The molecule has 0 spiro atoms. The van der Waals surface area contributed by atoms with Crippen LogP contribution in [0.4, 0.5) is 0 Å². The Balaban J connectivity index is 1.16. The lowest BCUT2D eigenvalue weighted by atomic mass is 9.65. The van der Waals surface area contributed by atoms with Gasteiger partial charge >= 0.3 is 5.97 Å². The summed E-state index contributed by atoms with van der Waals surface area (Å²) in [5, 5.41) is 0. The Morgan fingerprint density at radius 2 is 1.29 bits per heavy atom. The Morgan fingerprint density at radius 1 is 0.800 bits per heavy atom. The second-order valence-corrected chi connectivity index (χ2v) is 11.8. The standard InChI is InChI=1S/C32H46O3/c1-3-5-23-6-10-25(11-7-23)26-12-14-27(15-13-26)28-16-18-29(19-17-28)32(34)35-31-20-8-24(9-21-31)22-30(33)4-2/h4,8-9,20-21,23,25-29H,2-3,5-7,10-19,22H2,1H3. The summed E-state index contributed by atoms with van der Waals surface area (Å²) in [6.45, 7) is 5.84. The highest BCUT2D eigenvalue weighted by Gasteiger charge is 2.36. The minimum absolute atomic E-state index is 0.00507. The average Bonchev–Trinajstić information content (AvgIpc) is 2.90. The molecule has 3 aliphatic carbocycles. The normalized spacial score (nSPS) is 31.5. The van der Waals surface area contributed by atoms with Gasteiger partial charge in [0.15, 0.2) is 5.78 Å². The highest BCUT2D eigenvalue weighted by Crippen LogP contribution is 2.46. The Hall–Kier alpha value is -1.90. The van der Waals surface area contributed by atoms with Gasteiger partial charge in [0.2, 0.25) is 0 Å². The largest absolute Gasteiger partial charge is 0.426 e. The van der Waals surface area contributed by atoms with E-state index in [4.69, 9.17) is 4.74 Å². The summed E-state index contributed by atoms with van der Waals surface area (Å²) >= 11 is 0. The number of esters is 1. The molecule has 3 saturated carbocycles. The van der Waals surface area contributed by atoms with Crippen LogP contribution in [0.3, 0.4) is 0 Å². The highest BCUT2D eigenvalue weighted by molar-refractivity contribution is 5.90. The van der Waals surface area contributed by atoms with Crippen molar-refractivity contribution >= 4 is 11.8 Å². The summed E-state index contributed by atoms with van der Waals surface area (Å²) in [4.78, 5) is 24.3. The Kier molecular flexibility index (Phi) is 9.63. The number of benzene rings is 1. The first-order valence-electron chi connectivity index (χ1n) is 14.5. The van der Waals surface area contributed by atoms with Gasteiger partial charge in [-0.15, -0.1) is 0 Å². The first kappa shape index (κ1) is 26.2. The van der Waals surface area contributed by atoms with Crippen molar-refractivity contribution in [3.05, 3.63) is 42.5 Å². The average molecular weight is 479 g/mol. The number of carbonyl (C=O) groups excluding carboxylic acids is 2. The van der Waals surface area contributed by atoms with Gasteiger partial charge in [0, 0.05) is 6.42 Å². The van der Waals surface area contributed by atoms with Crippen molar-refractivity contribution in [1.29, 1.82) is 0 Å². The molecule has 0 radical (unpaired) electrons. The smallest absolute Gasteiger partial charge is 0.314 e. The third-order valence-corrected chi connectivity index (χ3v) is 9.59. The molecule has 3 nitrogen and oxygen atoms in total. The fraction of sp³-hybridized carbons (Fsp3) is 0.688. The maximum atomic E-state index is 12.8. The van der Waals surface area contributed by atoms with Gasteiger partial charge in [-0.3, -0.25) is 9.59 Å². The van der Waals surface area contributed by atoms with E-state index in [2.05, 4.69) is 13.5 Å². The van der Waals surface area contributed by atoms with E-state index in [9.17, 15) is 9.59 Å². The molecule has 0 unspecified atom stereocenters. The highest BCUT2D eigenvalue weighted by atomic mass is 16.5. The number of ether oxygens (including phenoxy) is 1. The van der Waals surface area contributed by atoms with Gasteiger partial charge in [0.1, 0.15) is 5.75 Å². The summed E-state index contributed by atoms with van der Waals surface area (Å²) < 4.78 is 5.68. The van der Waals surface area contributed by atoms with E-state index >= 15 is 0 Å². The maximum absolute atomic E-state index is 12.8. The molecule has 0 amide bonds. The van der Waals surface area contributed by atoms with Crippen molar-refractivity contribution in [1.82, 2.24) is 0 Å². The zero-order valence-electron chi connectivity index (χ0n) is 21.9. The Labute approximate surface area is 213 Å². The van der Waals surface area contributed by atoms with Crippen LogP contribution in [0.5, 0.6) is 5.75 Å². The van der Waals surface area contributed by atoms with E-state index in [1.165, 1.54) is 83.1 Å². The predicted molar refractivity (Wildman–Crippen MR) is 142 cm³/mol. The summed E-state index contributed by atoms with van der Waals surface area (Å²) in [5.74, 6) is 5.22.